The van der Waals surface area contributed by atoms with Crippen LogP contribution < -0.4 is 20.5 Å². The molecule has 0 bridgehead atoms. The van der Waals surface area contributed by atoms with Gasteiger partial charge >= 0.3 is 0 Å². The molecule has 3 N–H and O–H groups in total. The van der Waals surface area contributed by atoms with E-state index in [-0.39, 0.29) is 11.8 Å². The molecule has 1 aliphatic rings. The third kappa shape index (κ3) is 3.63. The van der Waals surface area contributed by atoms with Crippen molar-refractivity contribution in [2.45, 2.75) is 19.8 Å². The summed E-state index contributed by atoms with van der Waals surface area (Å²) in [7, 11) is 0. The highest BCUT2D eigenvalue weighted by molar-refractivity contribution is 5.79. The number of hydrogen-bond donors (Lipinski definition) is 2. The van der Waals surface area contributed by atoms with E-state index in [1.807, 2.05) is 25.1 Å². The zero-order chi connectivity index (χ0) is 14.4. The molecule has 1 aromatic carbocycles. The van der Waals surface area contributed by atoms with Crippen LogP contribution >= 0.6 is 0 Å². The fourth-order valence-corrected chi connectivity index (χ4v) is 2.17. The number of benzene rings is 1. The van der Waals surface area contributed by atoms with E-state index in [1.54, 1.807) is 0 Å². The fraction of sp³-hybridized carbons (Fsp3) is 0.533. The molecule has 1 unspecified atom stereocenters. The second kappa shape index (κ2) is 7.14. The molecule has 0 saturated carbocycles. The Labute approximate surface area is 119 Å². The standard InChI is InChI=1S/C15H22N2O3/c1-2-5-17-15(18)12(10-16)8-11-3-4-13-14(9-11)20-7-6-19-13/h3-4,9,12H,2,5-8,10,16H2,1H3,(H,17,18). The average Bonchev–Trinajstić information content (AvgIpc) is 2.50. The number of carbonyl (C=O) groups excluding carboxylic acids is 1. The van der Waals surface area contributed by atoms with E-state index < -0.39 is 0 Å². The number of ether oxygens (including phenoxy) is 2. The van der Waals surface area contributed by atoms with Crippen molar-refractivity contribution in [2.75, 3.05) is 26.3 Å². The lowest BCUT2D eigenvalue weighted by Gasteiger charge is -2.20. The van der Waals surface area contributed by atoms with E-state index in [4.69, 9.17) is 15.2 Å². The van der Waals surface area contributed by atoms with E-state index in [2.05, 4.69) is 5.32 Å². The number of rotatable bonds is 6. The molecule has 0 saturated heterocycles. The molecule has 0 radical (unpaired) electrons. The van der Waals surface area contributed by atoms with Gasteiger partial charge in [-0.05, 0) is 30.5 Å². The molecule has 1 amide bonds. The highest BCUT2D eigenvalue weighted by Gasteiger charge is 2.18. The minimum absolute atomic E-state index is 0.0178. The van der Waals surface area contributed by atoms with Gasteiger partial charge in [0.25, 0.3) is 0 Å². The molecule has 0 fully saturated rings. The predicted octanol–water partition coefficient (Wildman–Crippen LogP) is 1.10. The van der Waals surface area contributed by atoms with Crippen LogP contribution in [0.15, 0.2) is 18.2 Å². The topological polar surface area (TPSA) is 73.6 Å². The molecule has 1 atom stereocenters. The van der Waals surface area contributed by atoms with E-state index in [0.717, 1.165) is 23.5 Å². The number of nitrogens with one attached hydrogen (secondary N) is 1. The Kier molecular flexibility index (Phi) is 5.24. The molecular formula is C15H22N2O3. The van der Waals surface area contributed by atoms with Crippen LogP contribution in [0.3, 0.4) is 0 Å². The Morgan fingerprint density at radius 1 is 1.35 bits per heavy atom. The van der Waals surface area contributed by atoms with Crippen molar-refractivity contribution in [1.82, 2.24) is 5.32 Å². The lowest BCUT2D eigenvalue weighted by atomic mass is 9.98. The zero-order valence-electron chi connectivity index (χ0n) is 11.9. The molecule has 5 heteroatoms. The minimum Gasteiger partial charge on any atom is -0.486 e. The molecule has 1 aliphatic heterocycles. The SMILES string of the molecule is CCCNC(=O)C(CN)Cc1ccc2c(c1)OCCO2. The Morgan fingerprint density at radius 3 is 2.80 bits per heavy atom. The van der Waals surface area contributed by atoms with E-state index in [0.29, 0.717) is 32.7 Å². The summed E-state index contributed by atoms with van der Waals surface area (Å²) >= 11 is 0. The minimum atomic E-state index is -0.205. The second-order valence-corrected chi connectivity index (χ2v) is 4.91. The van der Waals surface area contributed by atoms with Crippen LogP contribution in [0.4, 0.5) is 0 Å². The van der Waals surface area contributed by atoms with Crippen LogP contribution in [-0.4, -0.2) is 32.2 Å². The van der Waals surface area contributed by atoms with Gasteiger partial charge in [-0.1, -0.05) is 13.0 Å². The zero-order valence-corrected chi connectivity index (χ0v) is 11.9. The van der Waals surface area contributed by atoms with Gasteiger partial charge in [-0.15, -0.1) is 0 Å². The highest BCUT2D eigenvalue weighted by Crippen LogP contribution is 2.31. The average molecular weight is 278 g/mol. The van der Waals surface area contributed by atoms with Crippen LogP contribution in [0.25, 0.3) is 0 Å². The molecule has 5 nitrogen and oxygen atoms in total. The van der Waals surface area contributed by atoms with E-state index >= 15 is 0 Å². The molecule has 1 aromatic rings. The summed E-state index contributed by atoms with van der Waals surface area (Å²) in [5.41, 5.74) is 6.75. The summed E-state index contributed by atoms with van der Waals surface area (Å²) in [4.78, 5) is 12.0. The van der Waals surface area contributed by atoms with Gasteiger partial charge in [0.2, 0.25) is 5.91 Å². The highest BCUT2D eigenvalue weighted by atomic mass is 16.6. The number of amides is 1. The van der Waals surface area contributed by atoms with Gasteiger partial charge in [-0.25, -0.2) is 0 Å². The first-order chi connectivity index (χ1) is 9.74. The maximum Gasteiger partial charge on any atom is 0.224 e. The molecule has 0 aliphatic carbocycles. The smallest absolute Gasteiger partial charge is 0.224 e. The maximum atomic E-state index is 12.0. The van der Waals surface area contributed by atoms with Gasteiger partial charge in [-0.2, -0.15) is 0 Å². The first-order valence-electron chi connectivity index (χ1n) is 7.11. The molecule has 0 aromatic heterocycles. The molecule has 20 heavy (non-hydrogen) atoms. The molecule has 0 spiro atoms. The largest absolute Gasteiger partial charge is 0.486 e. The first kappa shape index (κ1) is 14.7. The third-order valence-electron chi connectivity index (χ3n) is 3.29. The third-order valence-corrected chi connectivity index (χ3v) is 3.29. The van der Waals surface area contributed by atoms with Crippen LogP contribution in [0.5, 0.6) is 11.5 Å². The predicted molar refractivity (Wildman–Crippen MR) is 77.0 cm³/mol. The van der Waals surface area contributed by atoms with E-state index in [9.17, 15) is 4.79 Å². The van der Waals surface area contributed by atoms with Crippen molar-refractivity contribution in [3.8, 4) is 11.5 Å². The van der Waals surface area contributed by atoms with Gasteiger partial charge in [0.15, 0.2) is 11.5 Å². The summed E-state index contributed by atoms with van der Waals surface area (Å²) in [5, 5.41) is 2.89. The normalized spacial score (nSPS) is 14.7. The Balaban J connectivity index is 2.02. The molecular weight excluding hydrogens is 256 g/mol. The van der Waals surface area contributed by atoms with Crippen LogP contribution in [-0.2, 0) is 11.2 Å². The quantitative estimate of drug-likeness (QED) is 0.817. The lowest BCUT2D eigenvalue weighted by molar-refractivity contribution is -0.124. The van der Waals surface area contributed by atoms with Crippen molar-refractivity contribution >= 4 is 5.91 Å². The van der Waals surface area contributed by atoms with Gasteiger partial charge in [0.1, 0.15) is 13.2 Å². The summed E-state index contributed by atoms with van der Waals surface area (Å²) < 4.78 is 11.0. The first-order valence-corrected chi connectivity index (χ1v) is 7.11. The second-order valence-electron chi connectivity index (χ2n) is 4.91. The van der Waals surface area contributed by atoms with E-state index in [1.165, 1.54) is 0 Å². The van der Waals surface area contributed by atoms with Gasteiger partial charge in [0.05, 0.1) is 5.92 Å². The number of nitrogens with two attached hydrogens (primary N) is 1. The lowest BCUT2D eigenvalue weighted by Crippen LogP contribution is -2.36. The van der Waals surface area contributed by atoms with Crippen molar-refractivity contribution in [3.05, 3.63) is 23.8 Å². The van der Waals surface area contributed by atoms with Gasteiger partial charge in [-0.3, -0.25) is 4.79 Å². The Hall–Kier alpha value is -1.75. The van der Waals surface area contributed by atoms with Gasteiger partial charge in [0, 0.05) is 13.1 Å². The van der Waals surface area contributed by atoms with Crippen LogP contribution in [0.1, 0.15) is 18.9 Å². The van der Waals surface area contributed by atoms with Crippen molar-refractivity contribution < 1.29 is 14.3 Å². The molecule has 110 valence electrons. The van der Waals surface area contributed by atoms with Crippen molar-refractivity contribution in [3.63, 3.8) is 0 Å². The number of carbonyl (C=O) groups is 1. The summed E-state index contributed by atoms with van der Waals surface area (Å²) in [6, 6.07) is 5.79. The van der Waals surface area contributed by atoms with Crippen LogP contribution in [0.2, 0.25) is 0 Å². The summed E-state index contributed by atoms with van der Waals surface area (Å²) in [6.07, 6.45) is 1.54. The van der Waals surface area contributed by atoms with Crippen molar-refractivity contribution in [1.29, 1.82) is 0 Å². The maximum absolute atomic E-state index is 12.0. The van der Waals surface area contributed by atoms with Crippen molar-refractivity contribution in [2.24, 2.45) is 11.7 Å². The van der Waals surface area contributed by atoms with Gasteiger partial charge < -0.3 is 20.5 Å². The Bertz CT molecular complexity index is 462. The molecule has 1 heterocycles. The fourth-order valence-electron chi connectivity index (χ4n) is 2.17. The monoisotopic (exact) mass is 278 g/mol. The molecule has 2 rings (SSSR count). The number of fused-ring (bicyclic) bond motifs is 1. The summed E-state index contributed by atoms with van der Waals surface area (Å²) in [5.74, 6) is 1.33. The van der Waals surface area contributed by atoms with Crippen LogP contribution in [0, 0.1) is 5.92 Å². The Morgan fingerprint density at radius 2 is 2.10 bits per heavy atom. The summed E-state index contributed by atoms with van der Waals surface area (Å²) in [6.45, 7) is 4.20. The number of hydrogen-bond acceptors (Lipinski definition) is 4.